The Labute approximate surface area is 358 Å². The van der Waals surface area contributed by atoms with E-state index in [1.807, 2.05) is 6.08 Å². The molecule has 0 heterocycles. The van der Waals surface area contributed by atoms with Gasteiger partial charge in [-0.2, -0.15) is 12.6 Å². The van der Waals surface area contributed by atoms with Gasteiger partial charge in [0.05, 0.1) is 0 Å². The highest BCUT2D eigenvalue weighted by Crippen LogP contribution is 2.29. The molecule has 0 aromatic rings. The third-order valence-electron chi connectivity index (χ3n) is 10.3. The highest BCUT2D eigenvalue weighted by molar-refractivity contribution is 7.80. The maximum atomic E-state index is 8.65. The average molecular weight is 805 g/mol. The van der Waals surface area contributed by atoms with Crippen molar-refractivity contribution in [2.24, 2.45) is 11.7 Å². The largest absolute Gasteiger partial charge is 0.396 e. The number of unbranched alkanes of at least 4 members (excludes halogenated alkanes) is 18. The summed E-state index contributed by atoms with van der Waals surface area (Å²) in [5, 5.41) is 8.65. The topological polar surface area (TPSA) is 58.7 Å². The molecule has 0 unspecified atom stereocenters. The number of methoxy groups -OCH3 is 1. The monoisotopic (exact) mass is 805 g/mol. The van der Waals surface area contributed by atoms with E-state index in [0.717, 1.165) is 50.3 Å². The zero-order chi connectivity index (χ0) is 41.7. The van der Waals surface area contributed by atoms with Crippen molar-refractivity contribution in [1.82, 2.24) is 4.90 Å². The van der Waals surface area contributed by atoms with Crippen molar-refractivity contribution in [3.05, 3.63) is 61.3 Å². The van der Waals surface area contributed by atoms with Crippen molar-refractivity contribution in [1.29, 1.82) is 0 Å². The minimum Gasteiger partial charge on any atom is -0.396 e. The van der Waals surface area contributed by atoms with Gasteiger partial charge in [-0.1, -0.05) is 165 Å². The van der Waals surface area contributed by atoms with E-state index in [1.165, 1.54) is 180 Å². The Kier molecular flexibility index (Phi) is 61.5. The maximum absolute atomic E-state index is 8.65. The predicted molar refractivity (Wildman–Crippen MR) is 259 cm³/mol. The molecule has 0 aliphatic heterocycles. The first-order chi connectivity index (χ1) is 27.6. The normalized spacial score (nSPS) is 13.1. The van der Waals surface area contributed by atoms with Crippen molar-refractivity contribution in [3.63, 3.8) is 0 Å². The third-order valence-corrected chi connectivity index (χ3v) is 10.6. The predicted octanol–water partition coefficient (Wildman–Crippen LogP) is 15.2. The molecule has 56 heavy (non-hydrogen) atoms. The molecule has 0 radical (unpaired) electrons. The van der Waals surface area contributed by atoms with Gasteiger partial charge in [-0.25, -0.2) is 0 Å². The Balaban J connectivity index is -0.000000779. The van der Waals surface area contributed by atoms with Gasteiger partial charge in [0.2, 0.25) is 0 Å². The summed E-state index contributed by atoms with van der Waals surface area (Å²) < 4.78 is 4.25. The molecule has 0 amide bonds. The number of hydrogen-bond donors (Lipinski definition) is 3. The third kappa shape index (κ3) is 57.2. The second kappa shape index (κ2) is 58.2. The Morgan fingerprint density at radius 2 is 1.00 bits per heavy atom. The first-order valence-electron chi connectivity index (χ1n) is 23.9. The zero-order valence-corrected chi connectivity index (χ0v) is 39.2. The van der Waals surface area contributed by atoms with Crippen LogP contribution >= 0.6 is 12.6 Å². The fourth-order valence-corrected chi connectivity index (χ4v) is 6.98. The van der Waals surface area contributed by atoms with Gasteiger partial charge in [-0.15, -0.1) is 6.58 Å². The molecule has 0 spiro atoms. The molecule has 0 aromatic carbocycles. The lowest BCUT2D eigenvalue weighted by Gasteiger charge is -2.16. The van der Waals surface area contributed by atoms with E-state index in [2.05, 4.69) is 91.3 Å². The van der Waals surface area contributed by atoms with Crippen molar-refractivity contribution in [2.75, 3.05) is 52.8 Å². The fourth-order valence-electron chi connectivity index (χ4n) is 6.75. The van der Waals surface area contributed by atoms with Gasteiger partial charge in [0.1, 0.15) is 0 Å². The molecule has 1 saturated carbocycles. The van der Waals surface area contributed by atoms with Gasteiger partial charge in [-0.05, 0) is 134 Å². The summed E-state index contributed by atoms with van der Waals surface area (Å²) in [7, 11) is 3.25. The van der Waals surface area contributed by atoms with Crippen LogP contribution in [0.4, 0.5) is 0 Å². The summed E-state index contributed by atoms with van der Waals surface area (Å²) in [5.74, 6) is 2.10. The smallest absolute Gasteiger partial charge is 0.0431 e. The molecule has 1 fully saturated rings. The van der Waals surface area contributed by atoms with Gasteiger partial charge in [0.15, 0.2) is 0 Å². The second-order valence-electron chi connectivity index (χ2n) is 15.6. The SMILES string of the molecule is C=CCCCN(CC)CC.COC.NCCCC/C=C\C/C=C\CCCCCCCCCC1CCCC1.OCCCCCCCC/C=C\C/C=C\CCCCS. The molecule has 1 aliphatic carbocycles. The molecule has 0 bridgehead atoms. The number of aliphatic hydroxyl groups excluding tert-OH is 1. The minimum absolute atomic E-state index is 0.352. The second-order valence-corrected chi connectivity index (χ2v) is 16.0. The van der Waals surface area contributed by atoms with Crippen LogP contribution in [0.15, 0.2) is 61.3 Å². The molecule has 1 aliphatic rings. The van der Waals surface area contributed by atoms with Crippen molar-refractivity contribution < 1.29 is 9.84 Å². The summed E-state index contributed by atoms with van der Waals surface area (Å²) >= 11 is 4.20. The van der Waals surface area contributed by atoms with Crippen LogP contribution in [-0.4, -0.2) is 62.8 Å². The summed E-state index contributed by atoms with van der Waals surface area (Å²) in [6, 6.07) is 0. The van der Waals surface area contributed by atoms with Gasteiger partial charge < -0.3 is 20.5 Å². The van der Waals surface area contributed by atoms with Gasteiger partial charge in [-0.3, -0.25) is 0 Å². The lowest BCUT2D eigenvalue weighted by atomic mass is 9.99. The minimum atomic E-state index is 0.352. The van der Waals surface area contributed by atoms with E-state index >= 15 is 0 Å². The molecule has 1 rings (SSSR count). The van der Waals surface area contributed by atoms with Crippen LogP contribution in [0.25, 0.3) is 0 Å². The number of hydrogen-bond acceptors (Lipinski definition) is 5. The average Bonchev–Trinajstić information content (AvgIpc) is 3.74. The zero-order valence-electron chi connectivity index (χ0n) is 38.3. The number of ether oxygens (including phenoxy) is 1. The fraction of sp³-hybridized carbons (Fsp3) is 0.804. The van der Waals surface area contributed by atoms with Crippen LogP contribution in [0, 0.1) is 5.92 Å². The maximum Gasteiger partial charge on any atom is 0.0431 e. The summed E-state index contributed by atoms with van der Waals surface area (Å²) in [4.78, 5) is 2.43. The molecule has 332 valence electrons. The van der Waals surface area contributed by atoms with E-state index in [4.69, 9.17) is 10.8 Å². The van der Waals surface area contributed by atoms with Crippen molar-refractivity contribution in [2.45, 2.75) is 206 Å². The molecule has 4 nitrogen and oxygen atoms in total. The molecular formula is C51H100N2O2S. The van der Waals surface area contributed by atoms with Crippen molar-refractivity contribution >= 4 is 12.6 Å². The van der Waals surface area contributed by atoms with Crippen LogP contribution in [0.2, 0.25) is 0 Å². The first kappa shape index (κ1) is 59.2. The molecule has 0 aromatic heterocycles. The van der Waals surface area contributed by atoms with Gasteiger partial charge >= 0.3 is 0 Å². The van der Waals surface area contributed by atoms with E-state index in [9.17, 15) is 0 Å². The first-order valence-corrected chi connectivity index (χ1v) is 24.5. The van der Waals surface area contributed by atoms with Crippen LogP contribution in [0.3, 0.4) is 0 Å². The molecule has 0 saturated heterocycles. The molecular weight excluding hydrogens is 705 g/mol. The van der Waals surface area contributed by atoms with E-state index in [-0.39, 0.29) is 0 Å². The number of aliphatic hydroxyl groups is 1. The Morgan fingerprint density at radius 1 is 0.589 bits per heavy atom. The quantitative estimate of drug-likeness (QED) is 0.0335. The van der Waals surface area contributed by atoms with Gasteiger partial charge in [0, 0.05) is 20.8 Å². The number of thiol groups is 1. The lowest BCUT2D eigenvalue weighted by molar-refractivity contribution is 0.277. The van der Waals surface area contributed by atoms with Crippen LogP contribution in [0.5, 0.6) is 0 Å². The Morgan fingerprint density at radius 3 is 1.41 bits per heavy atom. The number of rotatable bonds is 36. The molecule has 3 N–H and O–H groups in total. The number of allylic oxidation sites excluding steroid dienone is 9. The highest BCUT2D eigenvalue weighted by atomic mass is 32.1. The Bertz CT molecular complexity index is 802. The number of nitrogens with zero attached hydrogens (tertiary/aromatic N) is 1. The highest BCUT2D eigenvalue weighted by Gasteiger charge is 2.13. The summed E-state index contributed by atoms with van der Waals surface area (Å²) in [5.41, 5.74) is 5.48. The van der Waals surface area contributed by atoms with E-state index < -0.39 is 0 Å². The van der Waals surface area contributed by atoms with Crippen LogP contribution < -0.4 is 5.73 Å². The standard InChI is InChI=1S/C23H43N.C17H32OS.C9H19N.C2H6O/c24-22-18-14-12-10-8-6-4-2-1-3-5-7-9-11-13-15-19-23-20-16-17-21-23;18-16-14-12-10-8-6-4-2-1-3-5-7-9-11-13-15-17-19;1-4-7-8-9-10(5-2)6-3;1-3-2/h2,4,8,10,23H,1,3,5-7,9,11-22,24H2;1,3,7,9,18-19H,2,4-6,8,10-17H2;4H,1,5-9H2,2-3H3;1-2H3/b4-2-,10-8-;3-1-,9-7-;;. The number of nitrogens with two attached hydrogens (primary N) is 1. The van der Waals surface area contributed by atoms with E-state index in [1.54, 1.807) is 14.2 Å². The summed E-state index contributed by atoms with van der Waals surface area (Å²) in [6.45, 7) is 12.9. The van der Waals surface area contributed by atoms with E-state index in [0.29, 0.717) is 6.61 Å². The molecule has 5 heteroatoms. The lowest BCUT2D eigenvalue weighted by Crippen LogP contribution is -2.23. The Hall–Kier alpha value is -1.11. The van der Waals surface area contributed by atoms with Crippen LogP contribution in [0.1, 0.15) is 206 Å². The van der Waals surface area contributed by atoms with Crippen LogP contribution in [-0.2, 0) is 4.74 Å². The summed E-state index contributed by atoms with van der Waals surface area (Å²) in [6.07, 6.45) is 59.8. The molecule has 0 atom stereocenters. The van der Waals surface area contributed by atoms with Gasteiger partial charge in [0.25, 0.3) is 0 Å². The van der Waals surface area contributed by atoms with Crippen molar-refractivity contribution in [3.8, 4) is 0 Å².